The summed E-state index contributed by atoms with van der Waals surface area (Å²) in [5.74, 6) is 0.706. The molecular weight excluding hydrogens is 266 g/mol. The first-order valence-electron chi connectivity index (χ1n) is 8.16. The fourth-order valence-electron chi connectivity index (χ4n) is 3.20. The molecule has 1 fully saturated rings. The zero-order valence-corrected chi connectivity index (χ0v) is 14.4. The molecule has 2 N–H and O–H groups in total. The number of aliphatic hydroxyl groups excluding tert-OH is 1. The van der Waals surface area contributed by atoms with E-state index in [-0.39, 0.29) is 22.8 Å². The zero-order valence-electron chi connectivity index (χ0n) is 14.4. The SMILES string of the molecule is CC(O)CC(C)(C)CNC(=O)C(C)(C)CC1CCOCC1. The molecule has 0 saturated carbocycles. The molecule has 1 heterocycles. The minimum Gasteiger partial charge on any atom is -0.393 e. The summed E-state index contributed by atoms with van der Waals surface area (Å²) in [5.41, 5.74) is -0.429. The first kappa shape index (κ1) is 18.4. The molecule has 1 aliphatic rings. The molecule has 0 spiro atoms. The van der Waals surface area contributed by atoms with Crippen LogP contribution in [0.2, 0.25) is 0 Å². The summed E-state index contributed by atoms with van der Waals surface area (Å²) in [6.07, 6.45) is 3.38. The van der Waals surface area contributed by atoms with Crippen molar-refractivity contribution in [2.45, 2.75) is 66.4 Å². The van der Waals surface area contributed by atoms with E-state index in [0.717, 1.165) is 32.5 Å². The van der Waals surface area contributed by atoms with Gasteiger partial charge in [0.15, 0.2) is 0 Å². The highest BCUT2D eigenvalue weighted by Crippen LogP contribution is 2.31. The van der Waals surface area contributed by atoms with Crippen molar-refractivity contribution in [2.75, 3.05) is 19.8 Å². The Morgan fingerprint density at radius 2 is 1.86 bits per heavy atom. The second-order valence-corrected chi connectivity index (χ2v) is 8.04. The molecule has 1 amide bonds. The van der Waals surface area contributed by atoms with Crippen LogP contribution in [0.15, 0.2) is 0 Å². The van der Waals surface area contributed by atoms with E-state index < -0.39 is 0 Å². The predicted octanol–water partition coefficient (Wildman–Crippen LogP) is 2.74. The Balaban J connectivity index is 2.44. The molecule has 124 valence electrons. The molecule has 1 rings (SSSR count). The van der Waals surface area contributed by atoms with Crippen molar-refractivity contribution in [3.05, 3.63) is 0 Å². The standard InChI is InChI=1S/C17H33NO3/c1-13(19)10-16(2,3)12-18-15(20)17(4,5)11-14-6-8-21-9-7-14/h13-14,19H,6-12H2,1-5H3,(H,18,20). The molecule has 0 aromatic carbocycles. The number of ether oxygens (including phenoxy) is 1. The molecular formula is C17H33NO3. The minimum absolute atomic E-state index is 0.0847. The van der Waals surface area contributed by atoms with Gasteiger partial charge in [0, 0.05) is 25.2 Å². The van der Waals surface area contributed by atoms with Crippen molar-refractivity contribution in [3.8, 4) is 0 Å². The Morgan fingerprint density at radius 1 is 1.29 bits per heavy atom. The summed E-state index contributed by atoms with van der Waals surface area (Å²) in [6.45, 7) is 12.2. The lowest BCUT2D eigenvalue weighted by Crippen LogP contribution is -2.43. The topological polar surface area (TPSA) is 58.6 Å². The number of hydrogen-bond donors (Lipinski definition) is 2. The largest absolute Gasteiger partial charge is 0.393 e. The van der Waals surface area contributed by atoms with Gasteiger partial charge >= 0.3 is 0 Å². The summed E-state index contributed by atoms with van der Waals surface area (Å²) in [7, 11) is 0. The summed E-state index contributed by atoms with van der Waals surface area (Å²) in [4.78, 5) is 12.5. The van der Waals surface area contributed by atoms with E-state index in [9.17, 15) is 9.90 Å². The molecule has 4 nitrogen and oxygen atoms in total. The van der Waals surface area contributed by atoms with Crippen LogP contribution in [0, 0.1) is 16.7 Å². The van der Waals surface area contributed by atoms with Gasteiger partial charge in [0.05, 0.1) is 6.10 Å². The first-order chi connectivity index (χ1) is 9.62. The van der Waals surface area contributed by atoms with E-state index in [1.165, 1.54) is 0 Å². The number of hydrogen-bond acceptors (Lipinski definition) is 3. The fraction of sp³-hybridized carbons (Fsp3) is 0.941. The summed E-state index contributed by atoms with van der Waals surface area (Å²) >= 11 is 0. The van der Waals surface area contributed by atoms with Gasteiger partial charge in [-0.1, -0.05) is 27.7 Å². The number of carbonyl (C=O) groups is 1. The summed E-state index contributed by atoms with van der Waals surface area (Å²) in [6, 6.07) is 0. The highest BCUT2D eigenvalue weighted by Gasteiger charge is 2.32. The van der Waals surface area contributed by atoms with E-state index in [4.69, 9.17) is 4.74 Å². The second kappa shape index (κ2) is 7.59. The maximum absolute atomic E-state index is 12.5. The fourth-order valence-corrected chi connectivity index (χ4v) is 3.20. The van der Waals surface area contributed by atoms with Crippen LogP contribution >= 0.6 is 0 Å². The van der Waals surface area contributed by atoms with Crippen LogP contribution in [-0.4, -0.2) is 36.9 Å². The minimum atomic E-state index is -0.344. The normalized spacial score (nSPS) is 19.3. The third-order valence-electron chi connectivity index (χ3n) is 4.33. The lowest BCUT2D eigenvalue weighted by Gasteiger charge is -2.33. The Kier molecular flexibility index (Phi) is 6.67. The summed E-state index contributed by atoms with van der Waals surface area (Å²) in [5, 5.41) is 12.6. The molecule has 0 radical (unpaired) electrons. The molecule has 1 aliphatic heterocycles. The quantitative estimate of drug-likeness (QED) is 0.760. The second-order valence-electron chi connectivity index (χ2n) is 8.04. The third-order valence-corrected chi connectivity index (χ3v) is 4.33. The van der Waals surface area contributed by atoms with Crippen LogP contribution in [0.25, 0.3) is 0 Å². The van der Waals surface area contributed by atoms with Crippen LogP contribution in [0.5, 0.6) is 0 Å². The van der Waals surface area contributed by atoms with Gasteiger partial charge in [-0.05, 0) is 43.9 Å². The highest BCUT2D eigenvalue weighted by molar-refractivity contribution is 5.81. The Bertz CT molecular complexity index is 331. The number of aliphatic hydroxyl groups is 1. The molecule has 0 bridgehead atoms. The van der Waals surface area contributed by atoms with Gasteiger partial charge in [0.2, 0.25) is 5.91 Å². The number of carbonyl (C=O) groups excluding carboxylic acids is 1. The Hall–Kier alpha value is -0.610. The van der Waals surface area contributed by atoms with E-state index in [1.807, 2.05) is 13.8 Å². The van der Waals surface area contributed by atoms with E-state index in [1.54, 1.807) is 6.92 Å². The van der Waals surface area contributed by atoms with Crippen molar-refractivity contribution in [2.24, 2.45) is 16.7 Å². The number of amides is 1. The predicted molar refractivity (Wildman–Crippen MR) is 85.0 cm³/mol. The average Bonchev–Trinajstić information content (AvgIpc) is 2.35. The van der Waals surface area contributed by atoms with Gasteiger partial charge in [-0.2, -0.15) is 0 Å². The van der Waals surface area contributed by atoms with Crippen molar-refractivity contribution < 1.29 is 14.6 Å². The van der Waals surface area contributed by atoms with Crippen LogP contribution in [0.3, 0.4) is 0 Å². The van der Waals surface area contributed by atoms with Crippen molar-refractivity contribution in [1.29, 1.82) is 0 Å². The molecule has 4 heteroatoms. The van der Waals surface area contributed by atoms with Crippen LogP contribution in [-0.2, 0) is 9.53 Å². The third kappa shape index (κ3) is 6.79. The van der Waals surface area contributed by atoms with E-state index in [0.29, 0.717) is 18.9 Å². The van der Waals surface area contributed by atoms with Crippen LogP contribution < -0.4 is 5.32 Å². The molecule has 1 saturated heterocycles. The lowest BCUT2D eigenvalue weighted by molar-refractivity contribution is -0.131. The van der Waals surface area contributed by atoms with Crippen LogP contribution in [0.4, 0.5) is 0 Å². The Morgan fingerprint density at radius 3 is 2.38 bits per heavy atom. The average molecular weight is 299 g/mol. The molecule has 0 aliphatic carbocycles. The van der Waals surface area contributed by atoms with E-state index in [2.05, 4.69) is 19.2 Å². The lowest BCUT2D eigenvalue weighted by atomic mass is 9.78. The van der Waals surface area contributed by atoms with Gasteiger partial charge in [-0.25, -0.2) is 0 Å². The van der Waals surface area contributed by atoms with Gasteiger partial charge in [-0.3, -0.25) is 4.79 Å². The monoisotopic (exact) mass is 299 g/mol. The van der Waals surface area contributed by atoms with Gasteiger partial charge in [0.1, 0.15) is 0 Å². The number of rotatable bonds is 7. The van der Waals surface area contributed by atoms with Crippen molar-refractivity contribution in [3.63, 3.8) is 0 Å². The highest BCUT2D eigenvalue weighted by atomic mass is 16.5. The molecule has 0 aromatic heterocycles. The van der Waals surface area contributed by atoms with Gasteiger partial charge in [0.25, 0.3) is 0 Å². The van der Waals surface area contributed by atoms with Gasteiger partial charge in [-0.15, -0.1) is 0 Å². The first-order valence-corrected chi connectivity index (χ1v) is 8.16. The van der Waals surface area contributed by atoms with Crippen molar-refractivity contribution >= 4 is 5.91 Å². The molecule has 1 unspecified atom stereocenters. The van der Waals surface area contributed by atoms with Crippen molar-refractivity contribution in [1.82, 2.24) is 5.32 Å². The number of nitrogens with one attached hydrogen (secondary N) is 1. The Labute approximate surface area is 129 Å². The maximum atomic E-state index is 12.5. The maximum Gasteiger partial charge on any atom is 0.225 e. The van der Waals surface area contributed by atoms with Crippen LogP contribution in [0.1, 0.15) is 60.3 Å². The summed E-state index contributed by atoms with van der Waals surface area (Å²) < 4.78 is 5.38. The zero-order chi connectivity index (χ0) is 16.1. The van der Waals surface area contributed by atoms with Gasteiger partial charge < -0.3 is 15.2 Å². The molecule has 21 heavy (non-hydrogen) atoms. The van der Waals surface area contributed by atoms with E-state index >= 15 is 0 Å². The molecule has 0 aromatic rings. The smallest absolute Gasteiger partial charge is 0.225 e. The molecule has 1 atom stereocenters.